The maximum absolute atomic E-state index is 13.5. The lowest BCUT2D eigenvalue weighted by atomic mass is 10.1. The Bertz CT molecular complexity index is 1720. The number of nitrogens with zero attached hydrogens (tertiary/aromatic N) is 2. The van der Waals surface area contributed by atoms with Gasteiger partial charge in [-0.2, -0.15) is 0 Å². The molecule has 0 atom stereocenters. The molecule has 1 N–H and O–H groups in total. The number of para-hydroxylation sites is 1. The smallest absolute Gasteiger partial charge is 0.336 e. The van der Waals surface area contributed by atoms with Gasteiger partial charge in [0, 0.05) is 35.9 Å². The largest absolute Gasteiger partial charge is 0.423 e. The van der Waals surface area contributed by atoms with E-state index >= 15 is 0 Å². The zero-order valence-corrected chi connectivity index (χ0v) is 20.6. The molecule has 180 valence electrons. The number of fused-ring (bicyclic) bond motifs is 2. The molecule has 0 aliphatic rings. The van der Waals surface area contributed by atoms with Crippen LogP contribution in [0.4, 0.5) is 5.69 Å². The first kappa shape index (κ1) is 23.6. The maximum atomic E-state index is 13.5. The van der Waals surface area contributed by atoms with Gasteiger partial charge in [-0.15, -0.1) is 0 Å². The third-order valence-electron chi connectivity index (χ3n) is 5.86. The van der Waals surface area contributed by atoms with Crippen molar-refractivity contribution in [1.82, 2.24) is 9.55 Å². The summed E-state index contributed by atoms with van der Waals surface area (Å²) in [6.45, 7) is 3.50. The van der Waals surface area contributed by atoms with E-state index in [1.54, 1.807) is 22.8 Å². The van der Waals surface area contributed by atoms with Crippen LogP contribution in [0.2, 0.25) is 0 Å². The summed E-state index contributed by atoms with van der Waals surface area (Å²) in [6.07, 6.45) is 0.903. The third kappa shape index (κ3) is 4.67. The Morgan fingerprint density at radius 3 is 2.53 bits per heavy atom. The quantitative estimate of drug-likeness (QED) is 0.194. The van der Waals surface area contributed by atoms with Crippen molar-refractivity contribution < 1.29 is 9.21 Å². The zero-order valence-electron chi connectivity index (χ0n) is 19.8. The van der Waals surface area contributed by atoms with Crippen LogP contribution in [0.25, 0.3) is 27.6 Å². The summed E-state index contributed by atoms with van der Waals surface area (Å²) < 4.78 is 7.00. The fourth-order valence-electron chi connectivity index (χ4n) is 4.09. The van der Waals surface area contributed by atoms with Crippen molar-refractivity contribution in [2.45, 2.75) is 31.2 Å². The molecule has 3 aromatic carbocycles. The number of aromatic nitrogens is 2. The average molecular weight is 498 g/mol. The van der Waals surface area contributed by atoms with Crippen LogP contribution in [-0.2, 0) is 17.0 Å². The third-order valence-corrected chi connectivity index (χ3v) is 6.84. The van der Waals surface area contributed by atoms with E-state index in [4.69, 9.17) is 9.40 Å². The Morgan fingerprint density at radius 2 is 1.78 bits per heavy atom. The number of rotatable bonds is 6. The topological polar surface area (TPSA) is 94.2 Å². The standard InChI is InChI=1S/C28H23N3O4S/c1-3-18-8-11-21(12-9-18)31-27(34)23-6-4-5-7-24(23)30-28(31)36-16-19-14-26(33)35-25-15-20(29-17(2)32)10-13-22(19)25/h4-15H,3,16H2,1-2H3,(H,29,32). The van der Waals surface area contributed by atoms with Crippen LogP contribution >= 0.6 is 11.8 Å². The molecule has 0 fully saturated rings. The Hall–Kier alpha value is -4.17. The van der Waals surface area contributed by atoms with Gasteiger partial charge in [-0.05, 0) is 53.9 Å². The summed E-state index contributed by atoms with van der Waals surface area (Å²) in [5.74, 6) is 0.176. The van der Waals surface area contributed by atoms with Gasteiger partial charge in [0.25, 0.3) is 5.56 Å². The number of hydrogen-bond acceptors (Lipinski definition) is 6. The Morgan fingerprint density at radius 1 is 1.00 bits per heavy atom. The van der Waals surface area contributed by atoms with Gasteiger partial charge >= 0.3 is 5.63 Å². The van der Waals surface area contributed by atoms with Crippen molar-refractivity contribution in [2.75, 3.05) is 5.32 Å². The van der Waals surface area contributed by atoms with Crippen LogP contribution in [0.5, 0.6) is 0 Å². The summed E-state index contributed by atoms with van der Waals surface area (Å²) >= 11 is 1.37. The van der Waals surface area contributed by atoms with Gasteiger partial charge in [-0.3, -0.25) is 14.2 Å². The van der Waals surface area contributed by atoms with Gasteiger partial charge in [0.2, 0.25) is 5.91 Å². The van der Waals surface area contributed by atoms with Crippen LogP contribution in [0.15, 0.2) is 92.0 Å². The average Bonchev–Trinajstić information content (AvgIpc) is 2.87. The number of carbonyl (C=O) groups is 1. The summed E-state index contributed by atoms with van der Waals surface area (Å²) in [4.78, 5) is 42.0. The lowest BCUT2D eigenvalue weighted by Crippen LogP contribution is -2.21. The highest BCUT2D eigenvalue weighted by Gasteiger charge is 2.15. The van der Waals surface area contributed by atoms with E-state index in [-0.39, 0.29) is 11.5 Å². The van der Waals surface area contributed by atoms with Crippen molar-refractivity contribution in [2.24, 2.45) is 0 Å². The summed E-state index contributed by atoms with van der Waals surface area (Å²) in [6, 6.07) is 21.8. The lowest BCUT2D eigenvalue weighted by molar-refractivity contribution is -0.114. The van der Waals surface area contributed by atoms with Gasteiger partial charge in [0.15, 0.2) is 5.16 Å². The number of anilines is 1. The molecule has 0 spiro atoms. The summed E-state index contributed by atoms with van der Waals surface area (Å²) in [7, 11) is 0. The second kappa shape index (κ2) is 9.83. The first-order valence-electron chi connectivity index (χ1n) is 11.5. The van der Waals surface area contributed by atoms with E-state index in [1.807, 2.05) is 48.5 Å². The number of hydrogen-bond donors (Lipinski definition) is 1. The lowest BCUT2D eigenvalue weighted by Gasteiger charge is -2.14. The normalized spacial score (nSPS) is 11.2. The SMILES string of the molecule is CCc1ccc(-n2c(SCc3cc(=O)oc4cc(NC(C)=O)ccc34)nc3ccccc3c2=O)cc1. The fourth-order valence-corrected chi connectivity index (χ4v) is 5.09. The molecule has 0 saturated heterocycles. The van der Waals surface area contributed by atoms with E-state index < -0.39 is 5.63 Å². The van der Waals surface area contributed by atoms with Crippen molar-refractivity contribution >= 4 is 45.2 Å². The molecule has 5 rings (SSSR count). The number of aryl methyl sites for hydroxylation is 1. The predicted molar refractivity (Wildman–Crippen MR) is 143 cm³/mol. The van der Waals surface area contributed by atoms with Crippen LogP contribution in [0.1, 0.15) is 25.0 Å². The van der Waals surface area contributed by atoms with Gasteiger partial charge in [0.05, 0.1) is 16.6 Å². The van der Waals surface area contributed by atoms with E-state index in [2.05, 4.69) is 12.2 Å². The molecule has 8 heteroatoms. The number of nitrogens with one attached hydrogen (secondary N) is 1. The molecule has 7 nitrogen and oxygen atoms in total. The Labute approximate surface area is 210 Å². The molecular formula is C28H23N3O4S. The van der Waals surface area contributed by atoms with Gasteiger partial charge in [-0.25, -0.2) is 9.78 Å². The zero-order chi connectivity index (χ0) is 25.2. The Balaban J connectivity index is 1.58. The number of benzene rings is 3. The maximum Gasteiger partial charge on any atom is 0.336 e. The highest BCUT2D eigenvalue weighted by atomic mass is 32.2. The van der Waals surface area contributed by atoms with Gasteiger partial charge < -0.3 is 9.73 Å². The van der Waals surface area contributed by atoms with Crippen molar-refractivity contribution in [3.8, 4) is 5.69 Å². The number of carbonyl (C=O) groups excluding carboxylic acids is 1. The minimum absolute atomic E-state index is 0.148. The molecule has 0 aliphatic carbocycles. The number of thioether (sulfide) groups is 1. The van der Waals surface area contributed by atoms with E-state index in [0.717, 1.165) is 23.1 Å². The second-order valence-electron chi connectivity index (χ2n) is 8.34. The van der Waals surface area contributed by atoms with E-state index in [0.29, 0.717) is 33.1 Å². The van der Waals surface area contributed by atoms with Crippen LogP contribution in [0.3, 0.4) is 0 Å². The molecular weight excluding hydrogens is 474 g/mol. The van der Waals surface area contributed by atoms with Crippen molar-refractivity contribution in [3.05, 3.63) is 105 Å². The first-order chi connectivity index (χ1) is 17.4. The number of amides is 1. The molecule has 1 amide bonds. The summed E-state index contributed by atoms with van der Waals surface area (Å²) in [5, 5.41) is 4.51. The van der Waals surface area contributed by atoms with E-state index in [1.165, 1.54) is 30.3 Å². The highest BCUT2D eigenvalue weighted by molar-refractivity contribution is 7.98. The minimum atomic E-state index is -0.489. The van der Waals surface area contributed by atoms with E-state index in [9.17, 15) is 14.4 Å². The molecule has 0 unspecified atom stereocenters. The molecule has 0 aliphatic heterocycles. The van der Waals surface area contributed by atoms with Crippen LogP contribution in [0, 0.1) is 0 Å². The molecule has 2 aromatic heterocycles. The highest BCUT2D eigenvalue weighted by Crippen LogP contribution is 2.29. The molecule has 5 aromatic rings. The molecule has 0 radical (unpaired) electrons. The Kier molecular flexibility index (Phi) is 6.43. The molecule has 2 heterocycles. The minimum Gasteiger partial charge on any atom is -0.423 e. The second-order valence-corrected chi connectivity index (χ2v) is 9.29. The van der Waals surface area contributed by atoms with Crippen molar-refractivity contribution in [1.29, 1.82) is 0 Å². The predicted octanol–water partition coefficient (Wildman–Crippen LogP) is 5.31. The van der Waals surface area contributed by atoms with Crippen LogP contribution < -0.4 is 16.5 Å². The first-order valence-corrected chi connectivity index (χ1v) is 12.5. The fraction of sp³-hybridized carbons (Fsp3) is 0.143. The van der Waals surface area contributed by atoms with Gasteiger partial charge in [-0.1, -0.05) is 43.0 Å². The van der Waals surface area contributed by atoms with Crippen LogP contribution in [-0.4, -0.2) is 15.5 Å². The molecule has 0 saturated carbocycles. The van der Waals surface area contributed by atoms with Crippen molar-refractivity contribution in [3.63, 3.8) is 0 Å². The monoisotopic (exact) mass is 497 g/mol. The van der Waals surface area contributed by atoms with Gasteiger partial charge in [0.1, 0.15) is 5.58 Å². The summed E-state index contributed by atoms with van der Waals surface area (Å²) in [5.41, 5.74) is 3.56. The molecule has 36 heavy (non-hydrogen) atoms. The molecule has 0 bridgehead atoms.